The molecule has 0 saturated heterocycles. The van der Waals surface area contributed by atoms with Crippen molar-refractivity contribution in [2.75, 3.05) is 14.2 Å². The van der Waals surface area contributed by atoms with E-state index >= 15 is 0 Å². The molecule has 3 aromatic rings. The summed E-state index contributed by atoms with van der Waals surface area (Å²) in [5.41, 5.74) is 3.38. The lowest BCUT2D eigenvalue weighted by Crippen LogP contribution is -2.08. The van der Waals surface area contributed by atoms with E-state index in [0.29, 0.717) is 23.7 Å². The monoisotopic (exact) mass is 339 g/mol. The maximum atomic E-state index is 11.5. The van der Waals surface area contributed by atoms with Gasteiger partial charge >= 0.3 is 5.97 Å². The SMILES string of the molecule is COC(=O)c1cc(C)c(Cn2cc(-c3ncccc3OC)nn2)cn1. The number of aromatic nitrogens is 5. The summed E-state index contributed by atoms with van der Waals surface area (Å²) in [7, 11) is 2.92. The Morgan fingerprint density at radius 2 is 2.12 bits per heavy atom. The highest BCUT2D eigenvalue weighted by Gasteiger charge is 2.13. The largest absolute Gasteiger partial charge is 0.494 e. The molecule has 128 valence electrons. The zero-order valence-corrected chi connectivity index (χ0v) is 14.1. The lowest BCUT2D eigenvalue weighted by molar-refractivity contribution is 0.0594. The summed E-state index contributed by atoms with van der Waals surface area (Å²) >= 11 is 0. The van der Waals surface area contributed by atoms with Gasteiger partial charge in [-0.3, -0.25) is 4.98 Å². The minimum Gasteiger partial charge on any atom is -0.494 e. The van der Waals surface area contributed by atoms with E-state index in [4.69, 9.17) is 4.74 Å². The van der Waals surface area contributed by atoms with Crippen LogP contribution < -0.4 is 4.74 Å². The van der Waals surface area contributed by atoms with Gasteiger partial charge in [-0.2, -0.15) is 0 Å². The van der Waals surface area contributed by atoms with Crippen molar-refractivity contribution in [2.45, 2.75) is 13.5 Å². The number of rotatable bonds is 5. The maximum Gasteiger partial charge on any atom is 0.356 e. The number of ether oxygens (including phenoxy) is 2. The number of aryl methyl sites for hydroxylation is 1. The Morgan fingerprint density at radius 1 is 1.28 bits per heavy atom. The molecule has 0 fully saturated rings. The van der Waals surface area contributed by atoms with Gasteiger partial charge in [0.2, 0.25) is 0 Å². The number of hydrogen-bond donors (Lipinski definition) is 0. The highest BCUT2D eigenvalue weighted by atomic mass is 16.5. The molecule has 0 aliphatic heterocycles. The molecule has 0 atom stereocenters. The molecular weight excluding hydrogens is 322 g/mol. The standard InChI is InChI=1S/C17H17N5O3/c1-11-7-13(17(23)25-3)19-8-12(11)9-22-10-14(20-21-22)16-15(24-2)5-4-6-18-16/h4-8,10H,9H2,1-3H3. The van der Waals surface area contributed by atoms with Gasteiger partial charge < -0.3 is 9.47 Å². The van der Waals surface area contributed by atoms with E-state index in [2.05, 4.69) is 25.0 Å². The molecule has 0 bridgehead atoms. The summed E-state index contributed by atoms with van der Waals surface area (Å²) in [5.74, 6) is 0.176. The van der Waals surface area contributed by atoms with Gasteiger partial charge in [-0.15, -0.1) is 5.10 Å². The molecule has 0 N–H and O–H groups in total. The van der Waals surface area contributed by atoms with Crippen LogP contribution in [0.15, 0.2) is 36.8 Å². The topological polar surface area (TPSA) is 92.0 Å². The first-order chi connectivity index (χ1) is 12.1. The summed E-state index contributed by atoms with van der Waals surface area (Å²) in [4.78, 5) is 19.9. The maximum absolute atomic E-state index is 11.5. The Kier molecular flexibility index (Phi) is 4.69. The van der Waals surface area contributed by atoms with Crippen LogP contribution in [0.3, 0.4) is 0 Å². The average Bonchev–Trinajstić information content (AvgIpc) is 3.11. The molecule has 0 radical (unpaired) electrons. The van der Waals surface area contributed by atoms with Gasteiger partial charge in [0.05, 0.1) is 27.0 Å². The van der Waals surface area contributed by atoms with Crippen LogP contribution in [-0.4, -0.2) is 45.2 Å². The van der Waals surface area contributed by atoms with E-state index in [1.54, 1.807) is 42.5 Å². The van der Waals surface area contributed by atoms with Crippen LogP contribution in [0, 0.1) is 6.92 Å². The molecule has 0 unspecified atom stereocenters. The van der Waals surface area contributed by atoms with Crippen molar-refractivity contribution < 1.29 is 14.3 Å². The number of methoxy groups -OCH3 is 2. The minimum atomic E-state index is -0.458. The predicted octanol–water partition coefficient (Wildman–Crippen LogP) is 1.89. The summed E-state index contributed by atoms with van der Waals surface area (Å²) in [6.07, 6.45) is 5.11. The lowest BCUT2D eigenvalue weighted by atomic mass is 10.1. The molecule has 8 nitrogen and oxygen atoms in total. The van der Waals surface area contributed by atoms with Gasteiger partial charge in [0.15, 0.2) is 0 Å². The number of hydrogen-bond acceptors (Lipinski definition) is 7. The van der Waals surface area contributed by atoms with Gasteiger partial charge in [0.25, 0.3) is 0 Å². The second-order valence-electron chi connectivity index (χ2n) is 5.34. The fraction of sp³-hybridized carbons (Fsp3) is 0.235. The van der Waals surface area contributed by atoms with Crippen LogP contribution in [0.1, 0.15) is 21.6 Å². The van der Waals surface area contributed by atoms with Crippen LogP contribution >= 0.6 is 0 Å². The number of carbonyl (C=O) groups is 1. The second-order valence-corrected chi connectivity index (χ2v) is 5.34. The van der Waals surface area contributed by atoms with Crippen molar-refractivity contribution in [3.8, 4) is 17.1 Å². The van der Waals surface area contributed by atoms with E-state index in [9.17, 15) is 4.79 Å². The van der Waals surface area contributed by atoms with Crippen molar-refractivity contribution in [3.05, 3.63) is 53.6 Å². The summed E-state index contributed by atoms with van der Waals surface area (Å²) in [6, 6.07) is 5.31. The fourth-order valence-electron chi connectivity index (χ4n) is 2.37. The molecular formula is C17H17N5O3. The third kappa shape index (κ3) is 3.47. The molecule has 0 amide bonds. The van der Waals surface area contributed by atoms with Crippen LogP contribution in [0.2, 0.25) is 0 Å². The molecule has 0 aliphatic carbocycles. The van der Waals surface area contributed by atoms with Crippen molar-refractivity contribution in [1.82, 2.24) is 25.0 Å². The minimum absolute atomic E-state index is 0.279. The van der Waals surface area contributed by atoms with Crippen molar-refractivity contribution in [2.24, 2.45) is 0 Å². The highest BCUT2D eigenvalue weighted by Crippen LogP contribution is 2.25. The first-order valence-electron chi connectivity index (χ1n) is 7.55. The molecule has 3 heterocycles. The highest BCUT2D eigenvalue weighted by molar-refractivity contribution is 5.87. The zero-order chi connectivity index (χ0) is 17.8. The third-order valence-corrected chi connectivity index (χ3v) is 3.72. The molecule has 3 rings (SSSR count). The zero-order valence-electron chi connectivity index (χ0n) is 14.1. The van der Waals surface area contributed by atoms with E-state index in [-0.39, 0.29) is 5.69 Å². The molecule has 25 heavy (non-hydrogen) atoms. The Morgan fingerprint density at radius 3 is 2.84 bits per heavy atom. The molecule has 0 spiro atoms. The average molecular weight is 339 g/mol. The summed E-state index contributed by atoms with van der Waals surface area (Å²) in [6.45, 7) is 2.38. The Labute approximate surface area is 144 Å². The van der Waals surface area contributed by atoms with E-state index < -0.39 is 5.97 Å². The fourth-order valence-corrected chi connectivity index (χ4v) is 2.37. The van der Waals surface area contributed by atoms with Crippen molar-refractivity contribution in [3.63, 3.8) is 0 Å². The Hall–Kier alpha value is -3.29. The van der Waals surface area contributed by atoms with Crippen molar-refractivity contribution in [1.29, 1.82) is 0 Å². The number of esters is 1. The molecule has 0 aliphatic rings. The first-order valence-corrected chi connectivity index (χ1v) is 7.55. The molecule has 0 aromatic carbocycles. The second kappa shape index (κ2) is 7.08. The van der Waals surface area contributed by atoms with Crippen LogP contribution in [-0.2, 0) is 11.3 Å². The van der Waals surface area contributed by atoms with Gasteiger partial charge in [0.1, 0.15) is 22.8 Å². The first kappa shape index (κ1) is 16.6. The molecule has 0 saturated carbocycles. The van der Waals surface area contributed by atoms with Crippen LogP contribution in [0.4, 0.5) is 0 Å². The Balaban J connectivity index is 1.83. The quantitative estimate of drug-likeness (QED) is 0.655. The van der Waals surface area contributed by atoms with E-state index in [1.807, 2.05) is 13.0 Å². The van der Waals surface area contributed by atoms with Crippen LogP contribution in [0.5, 0.6) is 5.75 Å². The van der Waals surface area contributed by atoms with E-state index in [0.717, 1.165) is 11.1 Å². The van der Waals surface area contributed by atoms with E-state index in [1.165, 1.54) is 7.11 Å². The molecule has 8 heteroatoms. The van der Waals surface area contributed by atoms with Gasteiger partial charge in [-0.05, 0) is 36.2 Å². The smallest absolute Gasteiger partial charge is 0.356 e. The van der Waals surface area contributed by atoms with Gasteiger partial charge in [0, 0.05) is 12.4 Å². The van der Waals surface area contributed by atoms with Crippen molar-refractivity contribution >= 4 is 5.97 Å². The van der Waals surface area contributed by atoms with Gasteiger partial charge in [-0.1, -0.05) is 5.21 Å². The number of carbonyl (C=O) groups excluding carboxylic acids is 1. The third-order valence-electron chi connectivity index (χ3n) is 3.72. The Bertz CT molecular complexity index is 907. The summed E-state index contributed by atoms with van der Waals surface area (Å²) in [5, 5.41) is 8.29. The lowest BCUT2D eigenvalue weighted by Gasteiger charge is -2.06. The predicted molar refractivity (Wildman–Crippen MR) is 89.2 cm³/mol. The normalized spacial score (nSPS) is 10.5. The number of pyridine rings is 2. The molecule has 3 aromatic heterocycles. The number of nitrogens with zero attached hydrogens (tertiary/aromatic N) is 5. The van der Waals surface area contributed by atoms with Crippen LogP contribution in [0.25, 0.3) is 11.4 Å². The van der Waals surface area contributed by atoms with Gasteiger partial charge in [-0.25, -0.2) is 14.5 Å². The summed E-state index contributed by atoms with van der Waals surface area (Å²) < 4.78 is 11.7.